The van der Waals surface area contributed by atoms with Crippen molar-refractivity contribution < 1.29 is 9.53 Å². The maximum Gasteiger partial charge on any atom is 0.309 e. The molecule has 2 heteroatoms. The number of fused-ring (bicyclic) bond motifs is 2. The van der Waals surface area contributed by atoms with Crippen molar-refractivity contribution in [3.05, 3.63) is 0 Å². The molecule has 0 spiro atoms. The van der Waals surface area contributed by atoms with Gasteiger partial charge in [-0.1, -0.05) is 34.6 Å². The molecule has 0 amide bonds. The summed E-state index contributed by atoms with van der Waals surface area (Å²) in [5.74, 6) is 3.54. The van der Waals surface area contributed by atoms with E-state index < -0.39 is 0 Å². The Balaban J connectivity index is 1.96. The Morgan fingerprint density at radius 3 is 2.33 bits per heavy atom. The Kier molecular flexibility index (Phi) is 4.03. The Morgan fingerprint density at radius 2 is 1.89 bits per heavy atom. The maximum atomic E-state index is 12.3. The average Bonchev–Trinajstić information content (AvgIpc) is 2.87. The fraction of sp³-hybridized carbons (Fsp3) is 0.938. The van der Waals surface area contributed by atoms with E-state index in [1.54, 1.807) is 0 Å². The fourth-order valence-electron chi connectivity index (χ4n) is 4.14. The molecule has 6 atom stereocenters. The highest BCUT2D eigenvalue weighted by Gasteiger charge is 2.51. The van der Waals surface area contributed by atoms with Gasteiger partial charge in [0.15, 0.2) is 0 Å². The Labute approximate surface area is 111 Å². The molecule has 6 unspecified atom stereocenters. The van der Waals surface area contributed by atoms with Crippen LogP contribution in [0, 0.1) is 35.5 Å². The first-order valence-electron chi connectivity index (χ1n) is 7.66. The molecule has 0 saturated heterocycles. The van der Waals surface area contributed by atoms with E-state index >= 15 is 0 Å². The van der Waals surface area contributed by atoms with Crippen LogP contribution in [0.1, 0.15) is 53.9 Å². The van der Waals surface area contributed by atoms with E-state index in [-0.39, 0.29) is 18.0 Å². The Bertz CT molecular complexity index is 308. The van der Waals surface area contributed by atoms with E-state index in [9.17, 15) is 4.79 Å². The lowest BCUT2D eigenvalue weighted by Gasteiger charge is -2.31. The first-order valence-corrected chi connectivity index (χ1v) is 7.66. The quantitative estimate of drug-likeness (QED) is 0.709. The van der Waals surface area contributed by atoms with E-state index in [4.69, 9.17) is 4.74 Å². The largest absolute Gasteiger partial charge is 0.462 e. The zero-order valence-corrected chi connectivity index (χ0v) is 12.5. The normalized spacial score (nSPS) is 40.2. The molecular formula is C16H28O2. The smallest absolute Gasteiger partial charge is 0.309 e. The summed E-state index contributed by atoms with van der Waals surface area (Å²) in [6.45, 7) is 11.0. The van der Waals surface area contributed by atoms with E-state index in [1.807, 2.05) is 0 Å². The zero-order valence-electron chi connectivity index (χ0n) is 12.5. The number of hydrogen-bond donors (Lipinski definition) is 0. The number of carbonyl (C=O) groups is 1. The van der Waals surface area contributed by atoms with Gasteiger partial charge in [0, 0.05) is 0 Å². The highest BCUT2D eigenvalue weighted by atomic mass is 16.5. The van der Waals surface area contributed by atoms with Crippen LogP contribution in [0.15, 0.2) is 0 Å². The van der Waals surface area contributed by atoms with Crippen LogP contribution in [0.5, 0.6) is 0 Å². The molecule has 2 saturated carbocycles. The molecular weight excluding hydrogens is 224 g/mol. The summed E-state index contributed by atoms with van der Waals surface area (Å²) < 4.78 is 5.74. The first-order chi connectivity index (χ1) is 8.45. The summed E-state index contributed by atoms with van der Waals surface area (Å²) in [6, 6.07) is 0. The lowest BCUT2D eigenvalue weighted by molar-refractivity contribution is -0.159. The molecule has 0 N–H and O–H groups in total. The molecule has 2 aliphatic rings. The molecule has 0 aromatic carbocycles. The van der Waals surface area contributed by atoms with Crippen molar-refractivity contribution in [3.8, 4) is 0 Å². The minimum Gasteiger partial charge on any atom is -0.462 e. The van der Waals surface area contributed by atoms with Crippen molar-refractivity contribution in [2.75, 3.05) is 0 Å². The SMILES string of the molecule is CCC(OC(=O)C1CC2CC1C(C)C2C)C(C)C. The lowest BCUT2D eigenvalue weighted by atomic mass is 9.76. The Morgan fingerprint density at radius 1 is 1.22 bits per heavy atom. The van der Waals surface area contributed by atoms with Crippen LogP contribution < -0.4 is 0 Å². The molecule has 2 bridgehead atoms. The summed E-state index contributed by atoms with van der Waals surface area (Å²) in [7, 11) is 0. The number of rotatable bonds is 4. The number of carbonyl (C=O) groups excluding carboxylic acids is 1. The molecule has 104 valence electrons. The molecule has 2 nitrogen and oxygen atoms in total. The number of ether oxygens (including phenoxy) is 1. The van der Waals surface area contributed by atoms with Crippen LogP contribution in [0.4, 0.5) is 0 Å². The van der Waals surface area contributed by atoms with Crippen molar-refractivity contribution in [3.63, 3.8) is 0 Å². The molecule has 0 aromatic rings. The van der Waals surface area contributed by atoms with Gasteiger partial charge < -0.3 is 4.74 Å². The average molecular weight is 252 g/mol. The molecule has 2 rings (SSSR count). The van der Waals surface area contributed by atoms with Gasteiger partial charge in [0.1, 0.15) is 6.10 Å². The Hall–Kier alpha value is -0.530. The predicted octanol–water partition coefficient (Wildman–Crippen LogP) is 3.89. The topological polar surface area (TPSA) is 26.3 Å². The highest BCUT2D eigenvalue weighted by molar-refractivity contribution is 5.73. The van der Waals surface area contributed by atoms with Gasteiger partial charge in [-0.2, -0.15) is 0 Å². The van der Waals surface area contributed by atoms with E-state index in [0.717, 1.165) is 24.7 Å². The van der Waals surface area contributed by atoms with Gasteiger partial charge in [-0.15, -0.1) is 0 Å². The second kappa shape index (κ2) is 5.22. The number of esters is 1. The lowest BCUT2D eigenvalue weighted by Crippen LogP contribution is -2.34. The van der Waals surface area contributed by atoms with Crippen LogP contribution in [-0.4, -0.2) is 12.1 Å². The van der Waals surface area contributed by atoms with Gasteiger partial charge in [0.05, 0.1) is 5.92 Å². The van der Waals surface area contributed by atoms with Crippen molar-refractivity contribution in [1.82, 2.24) is 0 Å². The third-order valence-electron chi connectivity index (χ3n) is 5.61. The fourth-order valence-corrected chi connectivity index (χ4v) is 4.14. The predicted molar refractivity (Wildman–Crippen MR) is 73.0 cm³/mol. The van der Waals surface area contributed by atoms with Gasteiger partial charge in [-0.3, -0.25) is 4.79 Å². The summed E-state index contributed by atoms with van der Waals surface area (Å²) in [6.07, 6.45) is 3.35. The van der Waals surface area contributed by atoms with Crippen LogP contribution in [0.3, 0.4) is 0 Å². The van der Waals surface area contributed by atoms with E-state index in [1.165, 1.54) is 6.42 Å². The van der Waals surface area contributed by atoms with Crippen molar-refractivity contribution in [1.29, 1.82) is 0 Å². The van der Waals surface area contributed by atoms with E-state index in [0.29, 0.717) is 17.8 Å². The van der Waals surface area contributed by atoms with Crippen molar-refractivity contribution in [2.24, 2.45) is 35.5 Å². The summed E-state index contributed by atoms with van der Waals surface area (Å²) >= 11 is 0. The second-order valence-electron chi connectivity index (χ2n) is 6.85. The standard InChI is InChI=1S/C16H28O2/c1-6-15(9(2)3)18-16(17)14-8-12-7-13(14)11(5)10(12)4/h9-15H,6-8H2,1-5H3. The minimum absolute atomic E-state index is 0.0850. The van der Waals surface area contributed by atoms with Crippen LogP contribution >= 0.6 is 0 Å². The highest BCUT2D eigenvalue weighted by Crippen LogP contribution is 2.55. The molecule has 0 aliphatic heterocycles. The van der Waals surface area contributed by atoms with Gasteiger partial charge in [0.25, 0.3) is 0 Å². The van der Waals surface area contributed by atoms with Crippen LogP contribution in [0.2, 0.25) is 0 Å². The summed E-state index contributed by atoms with van der Waals surface area (Å²) in [4.78, 5) is 12.3. The molecule has 0 radical (unpaired) electrons. The molecule has 2 aliphatic carbocycles. The first kappa shape index (κ1) is 13.9. The van der Waals surface area contributed by atoms with Crippen molar-refractivity contribution >= 4 is 5.97 Å². The third kappa shape index (κ3) is 2.31. The van der Waals surface area contributed by atoms with Gasteiger partial charge in [-0.25, -0.2) is 0 Å². The molecule has 0 heterocycles. The zero-order chi connectivity index (χ0) is 13.4. The third-order valence-corrected chi connectivity index (χ3v) is 5.61. The minimum atomic E-state index is 0.0850. The van der Waals surface area contributed by atoms with Gasteiger partial charge in [0.2, 0.25) is 0 Å². The van der Waals surface area contributed by atoms with Crippen molar-refractivity contribution in [2.45, 2.75) is 60.0 Å². The molecule has 18 heavy (non-hydrogen) atoms. The van der Waals surface area contributed by atoms with E-state index in [2.05, 4.69) is 34.6 Å². The number of hydrogen-bond acceptors (Lipinski definition) is 2. The monoisotopic (exact) mass is 252 g/mol. The second-order valence-corrected chi connectivity index (χ2v) is 6.85. The van der Waals surface area contributed by atoms with Crippen LogP contribution in [-0.2, 0) is 9.53 Å². The molecule has 0 aromatic heterocycles. The van der Waals surface area contributed by atoms with Gasteiger partial charge >= 0.3 is 5.97 Å². The van der Waals surface area contributed by atoms with Gasteiger partial charge in [-0.05, 0) is 48.9 Å². The summed E-state index contributed by atoms with van der Waals surface area (Å²) in [5, 5.41) is 0. The molecule has 2 fully saturated rings. The summed E-state index contributed by atoms with van der Waals surface area (Å²) in [5.41, 5.74) is 0. The maximum absolute atomic E-state index is 12.3. The van der Waals surface area contributed by atoms with Crippen LogP contribution in [0.25, 0.3) is 0 Å².